The van der Waals surface area contributed by atoms with Crippen molar-refractivity contribution >= 4 is 13.7 Å². The molecule has 0 aromatic heterocycles. The Labute approximate surface area is 436 Å². The van der Waals surface area contributed by atoms with Crippen LogP contribution in [0, 0.1) is 0 Å². The lowest BCUT2D eigenvalue weighted by Gasteiger charge is -2.25. The second-order valence-electron chi connectivity index (χ2n) is 19.6. The van der Waals surface area contributed by atoms with Gasteiger partial charge in [-0.3, -0.25) is 13.8 Å². The highest BCUT2D eigenvalue weighted by atomic mass is 31.2. The van der Waals surface area contributed by atoms with Crippen LogP contribution in [0.3, 0.4) is 0 Å². The fourth-order valence-electron chi connectivity index (χ4n) is 7.21. The van der Waals surface area contributed by atoms with Crippen molar-refractivity contribution in [1.29, 1.82) is 0 Å². The van der Waals surface area contributed by atoms with Crippen LogP contribution in [0.15, 0.2) is 134 Å². The number of phosphoric acid groups is 1. The molecule has 3 N–H and O–H groups in total. The van der Waals surface area contributed by atoms with Gasteiger partial charge < -0.3 is 19.8 Å². The van der Waals surface area contributed by atoms with Gasteiger partial charge in [0.1, 0.15) is 13.2 Å². The van der Waals surface area contributed by atoms with Crippen molar-refractivity contribution < 1.29 is 32.9 Å². The highest BCUT2D eigenvalue weighted by Crippen LogP contribution is 2.43. The molecule has 0 saturated carbocycles. The molecule has 0 fully saturated rings. The molecule has 0 bridgehead atoms. The van der Waals surface area contributed by atoms with Gasteiger partial charge >= 0.3 is 7.82 Å². The monoisotopic (exact) mass is 1010 g/mol. The number of likely N-dealkylation sites (N-methyl/N-ethyl adjacent to an activating group) is 1. The molecule has 8 nitrogen and oxygen atoms in total. The zero-order valence-corrected chi connectivity index (χ0v) is 46.8. The van der Waals surface area contributed by atoms with Gasteiger partial charge in [0.15, 0.2) is 0 Å². The number of rotatable bonds is 49. The summed E-state index contributed by atoms with van der Waals surface area (Å²) in [4.78, 5) is 23.1. The average Bonchev–Trinajstić information content (AvgIpc) is 3.33. The fraction of sp³-hybridized carbons (Fsp3) is 0.629. The summed E-state index contributed by atoms with van der Waals surface area (Å²) in [5.41, 5.74) is 0. The van der Waals surface area contributed by atoms with E-state index in [4.69, 9.17) is 9.05 Å². The van der Waals surface area contributed by atoms with Crippen LogP contribution in [0.1, 0.15) is 200 Å². The Morgan fingerprint density at radius 3 is 1.30 bits per heavy atom. The van der Waals surface area contributed by atoms with E-state index in [0.717, 1.165) is 96.3 Å². The first-order valence-electron chi connectivity index (χ1n) is 28.1. The van der Waals surface area contributed by atoms with Crippen molar-refractivity contribution in [2.24, 2.45) is 0 Å². The number of aliphatic hydroxyl groups excluding tert-OH is 1. The predicted octanol–water partition coefficient (Wildman–Crippen LogP) is 17.1. The summed E-state index contributed by atoms with van der Waals surface area (Å²) in [7, 11) is 1.53. The van der Waals surface area contributed by atoms with E-state index in [2.05, 4.69) is 141 Å². The molecule has 9 heteroatoms. The number of hydrogen-bond donors (Lipinski definition) is 3. The lowest BCUT2D eigenvalue weighted by atomic mass is 10.0. The summed E-state index contributed by atoms with van der Waals surface area (Å²) >= 11 is 0. The lowest BCUT2D eigenvalue weighted by Crippen LogP contribution is -2.45. The zero-order valence-electron chi connectivity index (χ0n) is 45.9. The third-order valence-corrected chi connectivity index (χ3v) is 12.6. The topological polar surface area (TPSA) is 105 Å². The molecule has 0 aliphatic carbocycles. The lowest BCUT2D eigenvalue weighted by molar-refractivity contribution is -0.870. The molecule has 0 aromatic carbocycles. The maximum Gasteiger partial charge on any atom is 0.472 e. The molecule has 0 rings (SSSR count). The molecule has 0 aliphatic rings. The Hall–Kier alpha value is -3.36. The second-order valence-corrected chi connectivity index (χ2v) is 21.0. The van der Waals surface area contributed by atoms with Crippen molar-refractivity contribution in [2.45, 2.75) is 212 Å². The van der Waals surface area contributed by atoms with Crippen molar-refractivity contribution in [3.05, 3.63) is 134 Å². The minimum absolute atomic E-state index is 0.0501. The maximum atomic E-state index is 12.9. The van der Waals surface area contributed by atoms with Crippen LogP contribution in [0.25, 0.3) is 0 Å². The maximum absolute atomic E-state index is 12.9. The van der Waals surface area contributed by atoms with Gasteiger partial charge in [0.05, 0.1) is 39.9 Å². The van der Waals surface area contributed by atoms with Crippen LogP contribution in [-0.2, 0) is 18.4 Å². The zero-order chi connectivity index (χ0) is 52.0. The van der Waals surface area contributed by atoms with E-state index in [-0.39, 0.29) is 19.1 Å². The van der Waals surface area contributed by atoms with Gasteiger partial charge in [-0.05, 0) is 96.3 Å². The first kappa shape index (κ1) is 67.6. The van der Waals surface area contributed by atoms with Crippen molar-refractivity contribution in [3.8, 4) is 0 Å². The first-order chi connectivity index (χ1) is 34.5. The molecular weight excluding hydrogens is 900 g/mol. The van der Waals surface area contributed by atoms with Crippen LogP contribution in [0.4, 0.5) is 0 Å². The van der Waals surface area contributed by atoms with Crippen LogP contribution in [-0.4, -0.2) is 73.4 Å². The van der Waals surface area contributed by atoms with Gasteiger partial charge in [-0.25, -0.2) is 4.57 Å². The number of unbranched alkanes of at least 4 members (excludes halogenated alkanes) is 16. The molecule has 71 heavy (non-hydrogen) atoms. The number of amides is 1. The molecule has 0 radical (unpaired) electrons. The van der Waals surface area contributed by atoms with E-state index in [1.165, 1.54) is 83.5 Å². The average molecular weight is 1010 g/mol. The quantitative estimate of drug-likeness (QED) is 0.0243. The number of quaternary nitrogens is 1. The minimum Gasteiger partial charge on any atom is -0.387 e. The van der Waals surface area contributed by atoms with Crippen LogP contribution < -0.4 is 5.32 Å². The Balaban J connectivity index is 3.95. The summed E-state index contributed by atoms with van der Waals surface area (Å²) in [6.07, 6.45) is 78.7. The van der Waals surface area contributed by atoms with Crippen LogP contribution in [0.5, 0.6) is 0 Å². The van der Waals surface area contributed by atoms with E-state index in [1.54, 1.807) is 6.08 Å². The van der Waals surface area contributed by atoms with Crippen molar-refractivity contribution in [2.75, 3.05) is 40.9 Å². The third-order valence-electron chi connectivity index (χ3n) is 11.6. The first-order valence-corrected chi connectivity index (χ1v) is 29.6. The summed E-state index contributed by atoms with van der Waals surface area (Å²) in [6, 6.07) is -0.869. The van der Waals surface area contributed by atoms with Crippen molar-refractivity contribution in [1.82, 2.24) is 5.32 Å². The molecule has 0 saturated heterocycles. The predicted molar refractivity (Wildman–Crippen MR) is 308 cm³/mol. The van der Waals surface area contributed by atoms with Crippen LogP contribution >= 0.6 is 7.82 Å². The number of nitrogens with one attached hydrogen (secondary N) is 1. The molecule has 404 valence electrons. The van der Waals surface area contributed by atoms with E-state index in [0.29, 0.717) is 17.4 Å². The molecule has 1 amide bonds. The number of nitrogens with zero attached hydrogens (tertiary/aromatic N) is 1. The minimum atomic E-state index is -4.35. The molecular formula is C62H106N2O6P+. The van der Waals surface area contributed by atoms with Gasteiger partial charge in [0, 0.05) is 6.42 Å². The highest BCUT2D eigenvalue weighted by molar-refractivity contribution is 7.47. The van der Waals surface area contributed by atoms with Gasteiger partial charge in [0.25, 0.3) is 0 Å². The van der Waals surface area contributed by atoms with Crippen LogP contribution in [0.2, 0.25) is 0 Å². The molecule has 3 atom stereocenters. The number of phosphoric ester groups is 1. The molecule has 0 aromatic rings. The summed E-state index contributed by atoms with van der Waals surface area (Å²) in [5.74, 6) is -0.198. The van der Waals surface area contributed by atoms with Gasteiger partial charge in [-0.15, -0.1) is 0 Å². The number of aliphatic hydroxyl groups is 1. The smallest absolute Gasteiger partial charge is 0.387 e. The Kier molecular flexibility index (Phi) is 49.1. The summed E-state index contributed by atoms with van der Waals surface area (Å²) in [6.45, 7) is 4.58. The summed E-state index contributed by atoms with van der Waals surface area (Å²) < 4.78 is 23.5. The van der Waals surface area contributed by atoms with Gasteiger partial charge in [0.2, 0.25) is 5.91 Å². The number of carbonyl (C=O) groups excluding carboxylic acids is 1. The van der Waals surface area contributed by atoms with Crippen molar-refractivity contribution in [3.63, 3.8) is 0 Å². The Morgan fingerprint density at radius 1 is 0.493 bits per heavy atom. The number of hydrogen-bond acceptors (Lipinski definition) is 5. The third kappa shape index (κ3) is 54.3. The molecule has 0 spiro atoms. The highest BCUT2D eigenvalue weighted by Gasteiger charge is 2.27. The second kappa shape index (κ2) is 51.5. The van der Waals surface area contributed by atoms with E-state index in [1.807, 2.05) is 27.2 Å². The Bertz CT molecular complexity index is 1610. The SMILES string of the molecule is CC/C=C\C/C=C\C/C=C\C/C=C\C/C=C\C/C=C\C/C=C\C/C=C\C/C=C\CCCCCCCCCCCCCCCC(=O)NC(COP(=O)(O)OCC[N+](C)(C)C)C(O)/C=C/CC/C=C/CCCC. The number of allylic oxidation sites excluding steroid dienone is 21. The number of carbonyl (C=O) groups is 1. The Morgan fingerprint density at radius 2 is 0.859 bits per heavy atom. The molecule has 0 aliphatic heterocycles. The van der Waals surface area contributed by atoms with Gasteiger partial charge in [-0.1, -0.05) is 231 Å². The largest absolute Gasteiger partial charge is 0.472 e. The normalized spacial score (nSPS) is 15.0. The fourth-order valence-corrected chi connectivity index (χ4v) is 7.95. The van der Waals surface area contributed by atoms with E-state index < -0.39 is 20.0 Å². The van der Waals surface area contributed by atoms with Gasteiger partial charge in [-0.2, -0.15) is 0 Å². The summed E-state index contributed by atoms with van der Waals surface area (Å²) in [5, 5.41) is 13.7. The van der Waals surface area contributed by atoms with E-state index in [9.17, 15) is 19.4 Å². The van der Waals surface area contributed by atoms with E-state index >= 15 is 0 Å². The molecule has 3 unspecified atom stereocenters. The molecule has 0 heterocycles. The standard InChI is InChI=1S/C62H105N2O6P/c1-6-8-10-12-14-16-17-18-19-20-21-22-23-24-25-26-27-28-29-30-31-32-33-34-35-36-37-38-39-40-41-42-43-44-45-46-47-48-50-52-54-56-62(66)63-60(59-70-71(67,68)69-58-57-64(3,4)5)61(65)55-53-51-49-15-13-11-9-7-2/h8,10,13-16,18-19,21-22,24-25,27-28,30-31,33-34,36-37,53,55,60-61,65H,6-7,9,11-12,17,20,23,26,29,32,35,38-52,54,56-59H2,1-5H3,(H-,63,66,67,68)/p+1/b10-8-,15-13+,16-14-,19-18-,22-21-,25-24-,28-27-,31-30-,34-33-,37-36-,55-53+.